The molecule has 0 bridgehead atoms. The monoisotopic (exact) mass is 450 g/mol. The van der Waals surface area contributed by atoms with Gasteiger partial charge in [0.15, 0.2) is 23.2 Å². The van der Waals surface area contributed by atoms with Gasteiger partial charge in [0, 0.05) is 6.54 Å². The van der Waals surface area contributed by atoms with Crippen molar-refractivity contribution in [1.82, 2.24) is 19.5 Å². The first-order valence-electron chi connectivity index (χ1n) is 9.38. The Balaban J connectivity index is 1.54. The molecule has 1 aliphatic heterocycles. The summed E-state index contributed by atoms with van der Waals surface area (Å²) >= 11 is 0. The van der Waals surface area contributed by atoms with Gasteiger partial charge in [0.1, 0.15) is 24.6 Å². The fourth-order valence-electron chi connectivity index (χ4n) is 3.43. The van der Waals surface area contributed by atoms with Crippen molar-refractivity contribution in [2.45, 2.75) is 38.0 Å². The first-order valence-corrected chi connectivity index (χ1v) is 10.9. The smallest absolute Gasteiger partial charge is 0.333 e. The lowest BCUT2D eigenvalue weighted by Gasteiger charge is -2.16. The van der Waals surface area contributed by atoms with Crippen LogP contribution in [0, 0.1) is 6.92 Å². The molecule has 5 N–H and O–H groups in total. The van der Waals surface area contributed by atoms with Gasteiger partial charge in [-0.2, -0.15) is 8.42 Å². The molecule has 0 saturated carbocycles. The van der Waals surface area contributed by atoms with Crippen molar-refractivity contribution in [2.24, 2.45) is 5.14 Å². The van der Waals surface area contributed by atoms with Crippen LogP contribution < -0.4 is 10.5 Å². The number of aliphatic hydroxyl groups is 2. The number of aryl methyl sites for hydroxylation is 1. The van der Waals surface area contributed by atoms with E-state index in [1.165, 1.54) is 17.2 Å². The Morgan fingerprint density at radius 1 is 1.26 bits per heavy atom. The van der Waals surface area contributed by atoms with Crippen LogP contribution in [0.1, 0.15) is 17.4 Å². The number of rotatable bonds is 7. The zero-order valence-corrected chi connectivity index (χ0v) is 17.3. The molecule has 4 rings (SSSR count). The van der Waals surface area contributed by atoms with Crippen molar-refractivity contribution in [3.05, 3.63) is 48.0 Å². The maximum Gasteiger partial charge on any atom is 0.333 e. The number of ether oxygens (including phenoxy) is 1. The lowest BCUT2D eigenvalue weighted by molar-refractivity contribution is -0.0467. The van der Waals surface area contributed by atoms with Crippen molar-refractivity contribution >= 4 is 27.3 Å². The van der Waals surface area contributed by atoms with E-state index in [-0.39, 0.29) is 0 Å². The van der Waals surface area contributed by atoms with E-state index in [2.05, 4.69) is 30.5 Å². The van der Waals surface area contributed by atoms with Gasteiger partial charge in [-0.3, -0.25) is 8.75 Å². The Kier molecular flexibility index (Phi) is 5.88. The fourth-order valence-corrected chi connectivity index (χ4v) is 3.76. The molecule has 166 valence electrons. The summed E-state index contributed by atoms with van der Waals surface area (Å²) in [6.45, 7) is 1.99. The van der Waals surface area contributed by atoms with E-state index in [0.717, 1.165) is 11.1 Å². The third-order valence-electron chi connectivity index (χ3n) is 4.91. The van der Waals surface area contributed by atoms with E-state index in [0.29, 0.717) is 23.5 Å². The first kappa shape index (κ1) is 21.5. The molecular weight excluding hydrogens is 428 g/mol. The third kappa shape index (κ3) is 4.66. The second-order valence-electron chi connectivity index (χ2n) is 7.21. The average molecular weight is 450 g/mol. The molecule has 0 spiro atoms. The number of anilines is 1. The average Bonchev–Trinajstić information content (AvgIpc) is 3.26. The number of nitrogens with two attached hydrogens (primary N) is 1. The number of nitrogens with zero attached hydrogens (tertiary/aromatic N) is 4. The fraction of sp³-hybridized carbons (Fsp3) is 0.389. The highest BCUT2D eigenvalue weighted by molar-refractivity contribution is 7.84. The lowest BCUT2D eigenvalue weighted by atomic mass is 10.1. The number of fused-ring (bicyclic) bond motifs is 1. The Labute approximate surface area is 177 Å². The quantitative estimate of drug-likeness (QED) is 0.370. The van der Waals surface area contributed by atoms with Crippen LogP contribution in [0.3, 0.4) is 0 Å². The van der Waals surface area contributed by atoms with Gasteiger partial charge in [0.2, 0.25) is 0 Å². The van der Waals surface area contributed by atoms with Crippen LogP contribution in [0.5, 0.6) is 0 Å². The predicted molar refractivity (Wildman–Crippen MR) is 109 cm³/mol. The third-order valence-corrected chi connectivity index (χ3v) is 5.37. The van der Waals surface area contributed by atoms with Crippen molar-refractivity contribution in [3.8, 4) is 0 Å². The van der Waals surface area contributed by atoms with Crippen molar-refractivity contribution in [3.63, 3.8) is 0 Å². The number of aliphatic hydroxyl groups excluding tert-OH is 2. The molecule has 0 amide bonds. The van der Waals surface area contributed by atoms with Crippen molar-refractivity contribution in [2.75, 3.05) is 11.9 Å². The summed E-state index contributed by atoms with van der Waals surface area (Å²) in [7, 11) is -4.22. The molecule has 4 atom stereocenters. The zero-order valence-electron chi connectivity index (χ0n) is 16.5. The highest BCUT2D eigenvalue weighted by Crippen LogP contribution is 2.32. The molecule has 3 aromatic rings. The maximum absolute atomic E-state index is 11.0. The predicted octanol–water partition coefficient (Wildman–Crippen LogP) is -0.414. The number of aromatic nitrogens is 4. The summed E-state index contributed by atoms with van der Waals surface area (Å²) < 4.78 is 33.5. The molecule has 31 heavy (non-hydrogen) atoms. The summed E-state index contributed by atoms with van der Waals surface area (Å²) in [6, 6.07) is 8.02. The molecule has 1 aromatic carbocycles. The summed E-state index contributed by atoms with van der Waals surface area (Å²) in [6.07, 6.45) is -2.20. The summed E-state index contributed by atoms with van der Waals surface area (Å²) in [5.74, 6) is 0.493. The lowest BCUT2D eigenvalue weighted by Crippen LogP contribution is -2.35. The maximum atomic E-state index is 11.0. The van der Waals surface area contributed by atoms with Crippen LogP contribution in [0.2, 0.25) is 0 Å². The Hall–Kier alpha value is -2.68. The van der Waals surface area contributed by atoms with Gasteiger partial charge in [0.25, 0.3) is 0 Å². The van der Waals surface area contributed by atoms with E-state index in [4.69, 9.17) is 9.88 Å². The number of imidazole rings is 1. The van der Waals surface area contributed by atoms with E-state index in [1.807, 2.05) is 25.1 Å². The summed E-state index contributed by atoms with van der Waals surface area (Å²) in [5.41, 5.74) is 3.03. The molecule has 2 aromatic heterocycles. The topological polar surface area (TPSA) is 175 Å². The first-order chi connectivity index (χ1) is 14.7. The highest BCUT2D eigenvalue weighted by atomic mass is 32.2. The molecule has 0 aliphatic carbocycles. The van der Waals surface area contributed by atoms with Gasteiger partial charge < -0.3 is 20.3 Å². The Morgan fingerprint density at radius 2 is 2.06 bits per heavy atom. The van der Waals surface area contributed by atoms with E-state index >= 15 is 0 Å². The molecule has 3 heterocycles. The van der Waals surface area contributed by atoms with Crippen LogP contribution in [0.4, 0.5) is 5.82 Å². The van der Waals surface area contributed by atoms with Crippen molar-refractivity contribution < 1.29 is 27.6 Å². The van der Waals surface area contributed by atoms with Crippen LogP contribution in [0.15, 0.2) is 36.9 Å². The minimum atomic E-state index is -4.22. The van der Waals surface area contributed by atoms with E-state index in [1.54, 1.807) is 0 Å². The number of hydrogen-bond acceptors (Lipinski definition) is 10. The van der Waals surface area contributed by atoms with Gasteiger partial charge in [-0.1, -0.05) is 29.8 Å². The van der Waals surface area contributed by atoms with Crippen molar-refractivity contribution in [1.29, 1.82) is 0 Å². The van der Waals surface area contributed by atoms with E-state index < -0.39 is 41.5 Å². The molecule has 13 heteroatoms. The molecular formula is C18H22N6O6S. The summed E-state index contributed by atoms with van der Waals surface area (Å²) in [5, 5.41) is 28.7. The summed E-state index contributed by atoms with van der Waals surface area (Å²) in [4.78, 5) is 12.8. The minimum absolute atomic E-state index is 0.367. The largest absolute Gasteiger partial charge is 0.387 e. The molecule has 0 unspecified atom stereocenters. The van der Waals surface area contributed by atoms with Gasteiger partial charge in [-0.15, -0.1) is 0 Å². The molecule has 1 aliphatic rings. The van der Waals surface area contributed by atoms with Crippen LogP contribution >= 0.6 is 0 Å². The number of hydrogen-bond donors (Lipinski definition) is 4. The number of benzene rings is 1. The van der Waals surface area contributed by atoms with Crippen LogP contribution in [-0.2, 0) is 25.8 Å². The normalized spacial score (nSPS) is 24.0. The van der Waals surface area contributed by atoms with Crippen LogP contribution in [-0.4, -0.2) is 63.1 Å². The number of nitrogens with one attached hydrogen (secondary N) is 1. The van der Waals surface area contributed by atoms with Gasteiger partial charge >= 0.3 is 10.3 Å². The zero-order chi connectivity index (χ0) is 22.2. The van der Waals surface area contributed by atoms with Gasteiger partial charge in [0.05, 0.1) is 12.9 Å². The SMILES string of the molecule is Cc1cccc(CNc2ncnc3c2ncn3[C@@H]2O[C@H](COS(N)(=O)=O)[C@@H](O)[C@H]2O)c1. The molecule has 0 radical (unpaired) electrons. The standard InChI is InChI=1S/C18H22N6O6S/c1-10-3-2-4-11(5-10)6-20-16-13-17(22-8-21-16)24(9-23-13)18-15(26)14(25)12(30-18)7-29-31(19,27)28/h2-5,8-9,12,14-15,18,25-26H,6-7H2,1H3,(H2,19,27,28)(H,20,21,22)/t12-,14-,15-,18-/m1/s1. The van der Waals surface area contributed by atoms with Gasteiger partial charge in [-0.25, -0.2) is 20.1 Å². The van der Waals surface area contributed by atoms with E-state index in [9.17, 15) is 18.6 Å². The highest BCUT2D eigenvalue weighted by Gasteiger charge is 2.45. The second-order valence-corrected chi connectivity index (χ2v) is 8.43. The Morgan fingerprint density at radius 3 is 2.81 bits per heavy atom. The second kappa shape index (κ2) is 8.45. The van der Waals surface area contributed by atoms with Crippen LogP contribution in [0.25, 0.3) is 11.2 Å². The minimum Gasteiger partial charge on any atom is -0.387 e. The molecule has 12 nitrogen and oxygen atoms in total. The molecule has 1 saturated heterocycles. The van der Waals surface area contributed by atoms with Gasteiger partial charge in [-0.05, 0) is 12.5 Å². The Bertz CT molecular complexity index is 1190. The molecule has 1 fully saturated rings.